The summed E-state index contributed by atoms with van der Waals surface area (Å²) in [7, 11) is 0. The van der Waals surface area contributed by atoms with Crippen molar-refractivity contribution in [1.29, 1.82) is 10.5 Å². The number of ether oxygens (including phenoxy) is 2. The minimum absolute atomic E-state index is 0.446. The molecule has 2 aromatic carbocycles. The smallest absolute Gasteiger partial charge is 0.135 e. The first kappa shape index (κ1) is 24.8. The molecule has 0 radical (unpaired) electrons. The third kappa shape index (κ3) is 8.37. The zero-order chi connectivity index (χ0) is 23.0. The lowest BCUT2D eigenvalue weighted by molar-refractivity contribution is 0.296. The van der Waals surface area contributed by atoms with E-state index in [1.807, 2.05) is 18.2 Å². The van der Waals surface area contributed by atoms with Gasteiger partial charge in [-0.25, -0.2) is 0 Å². The molecule has 0 saturated heterocycles. The minimum Gasteiger partial charge on any atom is -0.494 e. The van der Waals surface area contributed by atoms with E-state index in [9.17, 15) is 5.26 Å². The van der Waals surface area contributed by atoms with Crippen LogP contribution in [0.5, 0.6) is 11.5 Å². The van der Waals surface area contributed by atoms with Gasteiger partial charge in [0.05, 0.1) is 36.0 Å². The first-order valence-electron chi connectivity index (χ1n) is 11.6. The second-order valence-electron chi connectivity index (χ2n) is 7.71. The fourth-order valence-electron chi connectivity index (χ4n) is 3.20. The van der Waals surface area contributed by atoms with Gasteiger partial charge in [0.25, 0.3) is 0 Å². The summed E-state index contributed by atoms with van der Waals surface area (Å²) in [5.74, 6) is 7.67. The van der Waals surface area contributed by atoms with Gasteiger partial charge in [-0.3, -0.25) is 0 Å². The summed E-state index contributed by atoms with van der Waals surface area (Å²) in [6.45, 7) is 5.69. The maximum Gasteiger partial charge on any atom is 0.135 e. The van der Waals surface area contributed by atoms with E-state index in [4.69, 9.17) is 14.7 Å². The van der Waals surface area contributed by atoms with Crippen LogP contribution in [0.2, 0.25) is 0 Å². The Hall–Kier alpha value is -3.42. The molecule has 0 unspecified atom stereocenters. The highest BCUT2D eigenvalue weighted by Gasteiger charge is 2.06. The predicted molar refractivity (Wildman–Crippen MR) is 128 cm³/mol. The van der Waals surface area contributed by atoms with Gasteiger partial charge in [-0.1, -0.05) is 64.2 Å². The van der Waals surface area contributed by atoms with E-state index in [1.165, 1.54) is 25.7 Å². The van der Waals surface area contributed by atoms with Crippen LogP contribution in [0.1, 0.15) is 87.5 Å². The molecule has 0 saturated carbocycles. The number of hydrogen-bond donors (Lipinski definition) is 0. The first-order chi connectivity index (χ1) is 15.7. The van der Waals surface area contributed by atoms with Crippen LogP contribution in [-0.4, -0.2) is 13.2 Å². The van der Waals surface area contributed by atoms with Crippen molar-refractivity contribution >= 4 is 0 Å². The predicted octanol–water partition coefficient (Wildman–Crippen LogP) is 6.75. The molecule has 0 aliphatic carbocycles. The molecule has 2 aromatic rings. The summed E-state index contributed by atoms with van der Waals surface area (Å²) in [6, 6.07) is 14.9. The summed E-state index contributed by atoms with van der Waals surface area (Å²) in [4.78, 5) is 0. The molecule has 0 spiro atoms. The molecule has 0 heterocycles. The minimum atomic E-state index is 0.446. The van der Waals surface area contributed by atoms with E-state index in [2.05, 4.69) is 37.8 Å². The summed E-state index contributed by atoms with van der Waals surface area (Å²) >= 11 is 0. The van der Waals surface area contributed by atoms with E-state index in [0.717, 1.165) is 37.0 Å². The highest BCUT2D eigenvalue weighted by molar-refractivity contribution is 5.57. The van der Waals surface area contributed by atoms with Gasteiger partial charge in [-0.2, -0.15) is 10.5 Å². The number of nitriles is 2. The quantitative estimate of drug-likeness (QED) is 0.277. The average molecular weight is 429 g/mol. The molecule has 0 atom stereocenters. The Morgan fingerprint density at radius 2 is 1.34 bits per heavy atom. The lowest BCUT2D eigenvalue weighted by atomic mass is 10.0. The van der Waals surface area contributed by atoms with Crippen LogP contribution in [-0.2, 0) is 0 Å². The number of benzene rings is 2. The normalized spacial score (nSPS) is 9.88. The Labute approximate surface area is 192 Å². The molecule has 166 valence electrons. The fraction of sp³-hybridized carbons (Fsp3) is 0.429. The van der Waals surface area contributed by atoms with Crippen LogP contribution in [0.25, 0.3) is 0 Å². The fourth-order valence-corrected chi connectivity index (χ4v) is 3.20. The van der Waals surface area contributed by atoms with E-state index < -0.39 is 0 Å². The Bertz CT molecular complexity index is 1000. The van der Waals surface area contributed by atoms with E-state index >= 15 is 0 Å². The van der Waals surface area contributed by atoms with Crippen LogP contribution in [0, 0.1) is 34.5 Å². The lowest BCUT2D eigenvalue weighted by Gasteiger charge is -2.11. The highest BCUT2D eigenvalue weighted by Crippen LogP contribution is 2.25. The molecule has 0 fully saturated rings. The van der Waals surface area contributed by atoms with E-state index in [-0.39, 0.29) is 0 Å². The number of unbranched alkanes of at least 4 members (excludes halogenated alkanes) is 6. The molecular weight excluding hydrogens is 396 g/mol. The van der Waals surface area contributed by atoms with Gasteiger partial charge in [-0.05, 0) is 49.2 Å². The van der Waals surface area contributed by atoms with Gasteiger partial charge >= 0.3 is 0 Å². The molecule has 0 bridgehead atoms. The van der Waals surface area contributed by atoms with Crippen LogP contribution in [0.15, 0.2) is 36.4 Å². The topological polar surface area (TPSA) is 66.0 Å². The summed E-state index contributed by atoms with van der Waals surface area (Å²) in [5, 5.41) is 18.5. The maximum absolute atomic E-state index is 9.38. The monoisotopic (exact) mass is 428 g/mol. The largest absolute Gasteiger partial charge is 0.494 e. The van der Waals surface area contributed by atoms with Crippen LogP contribution < -0.4 is 9.47 Å². The van der Waals surface area contributed by atoms with Crippen molar-refractivity contribution in [2.24, 2.45) is 0 Å². The third-order valence-electron chi connectivity index (χ3n) is 5.07. The Morgan fingerprint density at radius 1 is 0.656 bits per heavy atom. The van der Waals surface area contributed by atoms with E-state index in [1.54, 1.807) is 18.2 Å². The summed E-state index contributed by atoms with van der Waals surface area (Å²) in [6.07, 6.45) is 9.13. The van der Waals surface area contributed by atoms with Crippen molar-refractivity contribution in [2.75, 3.05) is 13.2 Å². The van der Waals surface area contributed by atoms with Crippen molar-refractivity contribution in [1.82, 2.24) is 0 Å². The van der Waals surface area contributed by atoms with Crippen LogP contribution in [0.4, 0.5) is 0 Å². The molecule has 0 aliphatic heterocycles. The van der Waals surface area contributed by atoms with Gasteiger partial charge in [0.2, 0.25) is 0 Å². The zero-order valence-electron chi connectivity index (χ0n) is 19.2. The molecular formula is C28H32N2O2. The van der Waals surface area contributed by atoms with Gasteiger partial charge in [0.1, 0.15) is 17.6 Å². The Morgan fingerprint density at radius 3 is 2.00 bits per heavy atom. The van der Waals surface area contributed by atoms with Gasteiger partial charge in [0, 0.05) is 5.56 Å². The van der Waals surface area contributed by atoms with Gasteiger partial charge in [-0.15, -0.1) is 0 Å². The highest BCUT2D eigenvalue weighted by atomic mass is 16.5. The molecule has 2 rings (SSSR count). The molecule has 0 N–H and O–H groups in total. The number of hydrogen-bond acceptors (Lipinski definition) is 4. The SMILES string of the molecule is CCCCCCOc1ccc(OCCCCCC)c(C#Cc2cc(C#N)ccc2C#N)c1. The van der Waals surface area contributed by atoms with Crippen molar-refractivity contribution in [2.45, 2.75) is 65.2 Å². The number of rotatable bonds is 12. The van der Waals surface area contributed by atoms with Gasteiger partial charge in [0.15, 0.2) is 0 Å². The van der Waals surface area contributed by atoms with Crippen LogP contribution in [0.3, 0.4) is 0 Å². The third-order valence-corrected chi connectivity index (χ3v) is 5.07. The number of nitrogens with zero attached hydrogens (tertiary/aromatic N) is 2. The molecule has 32 heavy (non-hydrogen) atoms. The van der Waals surface area contributed by atoms with Crippen LogP contribution >= 0.6 is 0 Å². The molecule has 0 aromatic heterocycles. The standard InChI is InChI=1S/C28H32N2O2/c1-3-5-7-9-17-31-27-15-16-28(32-18-10-8-6-4-2)25(20-27)14-13-24-19-23(21-29)11-12-26(24)22-30/h11-12,15-16,19-20H,3-10,17-18H2,1-2H3. The Balaban J connectivity index is 2.23. The van der Waals surface area contributed by atoms with Crippen molar-refractivity contribution in [3.8, 4) is 35.5 Å². The molecule has 0 amide bonds. The molecule has 4 heteroatoms. The maximum atomic E-state index is 9.38. The van der Waals surface area contributed by atoms with Crippen molar-refractivity contribution < 1.29 is 9.47 Å². The van der Waals surface area contributed by atoms with E-state index in [0.29, 0.717) is 35.7 Å². The second-order valence-corrected chi connectivity index (χ2v) is 7.71. The second kappa shape index (κ2) is 14.6. The summed E-state index contributed by atoms with van der Waals surface area (Å²) < 4.78 is 11.9. The van der Waals surface area contributed by atoms with Crippen molar-refractivity contribution in [3.63, 3.8) is 0 Å². The summed E-state index contributed by atoms with van der Waals surface area (Å²) in [5.41, 5.74) is 2.18. The molecule has 4 nitrogen and oxygen atoms in total. The van der Waals surface area contributed by atoms with Gasteiger partial charge < -0.3 is 9.47 Å². The lowest BCUT2D eigenvalue weighted by Crippen LogP contribution is -2.01. The first-order valence-corrected chi connectivity index (χ1v) is 11.6. The molecule has 0 aliphatic rings. The van der Waals surface area contributed by atoms with Crippen molar-refractivity contribution in [3.05, 3.63) is 58.7 Å². The average Bonchev–Trinajstić information content (AvgIpc) is 2.83. The zero-order valence-corrected chi connectivity index (χ0v) is 19.2. The Kier molecular flexibility index (Phi) is 11.3.